The predicted octanol–water partition coefficient (Wildman–Crippen LogP) is 6.32. The number of hydrogen-bond acceptors (Lipinski definition) is 4. The standard InChI is InChI=1S/C19H17Cl2FIN3O2/c1-10(18-12(20)8-24-9-13(18)21)28-16-6-11-15(7-14(16)22)26(25-19(11)23)17-4-2-3-5-27-17/h6-10,17H,2-5H2,1H3/t10-,17-/m1/s1. The molecule has 0 bridgehead atoms. The van der Waals surface area contributed by atoms with E-state index in [2.05, 4.69) is 32.7 Å². The van der Waals surface area contributed by atoms with E-state index in [1.807, 2.05) is 0 Å². The monoisotopic (exact) mass is 535 g/mol. The molecule has 0 saturated carbocycles. The zero-order chi connectivity index (χ0) is 19.8. The van der Waals surface area contributed by atoms with Gasteiger partial charge in [0.1, 0.15) is 9.80 Å². The van der Waals surface area contributed by atoms with Crippen LogP contribution in [-0.2, 0) is 4.74 Å². The summed E-state index contributed by atoms with van der Waals surface area (Å²) < 4.78 is 29.1. The molecule has 2 atom stereocenters. The van der Waals surface area contributed by atoms with Crippen LogP contribution in [0.15, 0.2) is 24.5 Å². The Morgan fingerprint density at radius 2 is 2.04 bits per heavy atom. The maximum absolute atomic E-state index is 14.9. The van der Waals surface area contributed by atoms with E-state index in [9.17, 15) is 4.39 Å². The van der Waals surface area contributed by atoms with Crippen LogP contribution in [0, 0.1) is 9.52 Å². The molecule has 0 aliphatic carbocycles. The fraction of sp³-hybridized carbons (Fsp3) is 0.368. The molecule has 2 aromatic heterocycles. The molecule has 0 spiro atoms. The normalized spacial score (nSPS) is 18.4. The molecule has 0 amide bonds. The number of fused-ring (bicyclic) bond motifs is 1. The van der Waals surface area contributed by atoms with Crippen molar-refractivity contribution in [2.24, 2.45) is 0 Å². The summed E-state index contributed by atoms with van der Waals surface area (Å²) in [6.45, 7) is 2.46. The molecule has 1 aliphatic rings. The molecule has 3 heterocycles. The second-order valence-electron chi connectivity index (χ2n) is 6.63. The Labute approximate surface area is 185 Å². The van der Waals surface area contributed by atoms with Gasteiger partial charge < -0.3 is 9.47 Å². The van der Waals surface area contributed by atoms with Crippen molar-refractivity contribution < 1.29 is 13.9 Å². The Morgan fingerprint density at radius 1 is 1.29 bits per heavy atom. The fourth-order valence-corrected chi connectivity index (χ4v) is 4.72. The first-order chi connectivity index (χ1) is 13.5. The summed E-state index contributed by atoms with van der Waals surface area (Å²) in [5, 5.41) is 6.12. The Bertz CT molecular complexity index is 1000. The minimum Gasteiger partial charge on any atom is -0.483 e. The second kappa shape index (κ2) is 8.30. The van der Waals surface area contributed by atoms with Gasteiger partial charge in [0.2, 0.25) is 0 Å². The van der Waals surface area contributed by atoms with Crippen LogP contribution < -0.4 is 4.74 Å². The van der Waals surface area contributed by atoms with Gasteiger partial charge in [0, 0.05) is 36.0 Å². The molecule has 1 saturated heterocycles. The van der Waals surface area contributed by atoms with Gasteiger partial charge in [0.15, 0.2) is 17.8 Å². The molecule has 1 aromatic carbocycles. The lowest BCUT2D eigenvalue weighted by atomic mass is 10.1. The van der Waals surface area contributed by atoms with Crippen LogP contribution in [0.3, 0.4) is 0 Å². The number of ether oxygens (including phenoxy) is 2. The number of rotatable bonds is 4. The van der Waals surface area contributed by atoms with Gasteiger partial charge >= 0.3 is 0 Å². The lowest BCUT2D eigenvalue weighted by Crippen LogP contribution is -2.19. The molecule has 0 radical (unpaired) electrons. The molecule has 3 aromatic rings. The minimum absolute atomic E-state index is 0.117. The van der Waals surface area contributed by atoms with Crippen molar-refractivity contribution in [1.29, 1.82) is 0 Å². The minimum atomic E-state index is -0.552. The van der Waals surface area contributed by atoms with E-state index in [1.54, 1.807) is 17.7 Å². The summed E-state index contributed by atoms with van der Waals surface area (Å²) in [5.41, 5.74) is 1.26. The summed E-state index contributed by atoms with van der Waals surface area (Å²) in [5.74, 6) is -0.361. The van der Waals surface area contributed by atoms with Gasteiger partial charge in [-0.15, -0.1) is 0 Å². The first-order valence-electron chi connectivity index (χ1n) is 8.90. The summed E-state index contributed by atoms with van der Waals surface area (Å²) in [6, 6.07) is 3.11. The Kier molecular flexibility index (Phi) is 5.96. The smallest absolute Gasteiger partial charge is 0.167 e. The van der Waals surface area contributed by atoms with Gasteiger partial charge in [-0.1, -0.05) is 23.2 Å². The van der Waals surface area contributed by atoms with Crippen molar-refractivity contribution in [3.05, 3.63) is 49.7 Å². The van der Waals surface area contributed by atoms with Crippen LogP contribution in [0.5, 0.6) is 5.75 Å². The topological polar surface area (TPSA) is 49.2 Å². The molecule has 1 aliphatic heterocycles. The zero-order valence-corrected chi connectivity index (χ0v) is 18.6. The second-order valence-corrected chi connectivity index (χ2v) is 8.47. The molecule has 28 heavy (non-hydrogen) atoms. The largest absolute Gasteiger partial charge is 0.483 e. The number of halogens is 4. The lowest BCUT2D eigenvalue weighted by Gasteiger charge is -2.23. The third-order valence-corrected chi connectivity index (χ3v) is 6.14. The quantitative estimate of drug-likeness (QED) is 0.367. The van der Waals surface area contributed by atoms with Crippen LogP contribution >= 0.6 is 45.8 Å². The SMILES string of the molecule is C[C@@H](Oc1cc2c(I)nn([C@H]3CCCCO3)c2cc1F)c1c(Cl)cncc1Cl. The van der Waals surface area contributed by atoms with Crippen molar-refractivity contribution in [3.8, 4) is 5.75 Å². The molecule has 0 unspecified atom stereocenters. The molecule has 4 rings (SSSR count). The van der Waals surface area contributed by atoms with E-state index in [0.717, 1.165) is 28.3 Å². The van der Waals surface area contributed by atoms with E-state index in [1.165, 1.54) is 18.5 Å². The van der Waals surface area contributed by atoms with Crippen molar-refractivity contribution in [1.82, 2.24) is 14.8 Å². The van der Waals surface area contributed by atoms with Gasteiger partial charge in [-0.25, -0.2) is 9.07 Å². The Balaban J connectivity index is 1.69. The van der Waals surface area contributed by atoms with Crippen LogP contribution in [0.25, 0.3) is 10.9 Å². The first kappa shape index (κ1) is 20.1. The molecule has 9 heteroatoms. The maximum atomic E-state index is 14.9. The Morgan fingerprint density at radius 3 is 2.71 bits per heavy atom. The number of benzene rings is 1. The fourth-order valence-electron chi connectivity index (χ4n) is 3.39. The van der Waals surface area contributed by atoms with Crippen LogP contribution in [0.2, 0.25) is 10.0 Å². The average Bonchev–Trinajstić information content (AvgIpc) is 2.98. The van der Waals surface area contributed by atoms with E-state index in [-0.39, 0.29) is 12.0 Å². The highest BCUT2D eigenvalue weighted by Gasteiger charge is 2.23. The van der Waals surface area contributed by atoms with E-state index in [4.69, 9.17) is 32.7 Å². The van der Waals surface area contributed by atoms with Crippen LogP contribution in [0.4, 0.5) is 4.39 Å². The molecule has 5 nitrogen and oxygen atoms in total. The number of hydrogen-bond donors (Lipinski definition) is 0. The molecular weight excluding hydrogens is 519 g/mol. The molecule has 148 valence electrons. The lowest BCUT2D eigenvalue weighted by molar-refractivity contribution is -0.0369. The maximum Gasteiger partial charge on any atom is 0.167 e. The summed E-state index contributed by atoms with van der Waals surface area (Å²) >= 11 is 14.5. The van der Waals surface area contributed by atoms with E-state index in [0.29, 0.717) is 27.7 Å². The highest BCUT2D eigenvalue weighted by atomic mass is 127. The van der Waals surface area contributed by atoms with Crippen molar-refractivity contribution in [2.45, 2.75) is 38.5 Å². The third kappa shape index (κ3) is 3.81. The third-order valence-electron chi connectivity index (χ3n) is 4.74. The summed E-state index contributed by atoms with van der Waals surface area (Å²) in [7, 11) is 0. The van der Waals surface area contributed by atoms with Crippen molar-refractivity contribution >= 4 is 56.7 Å². The van der Waals surface area contributed by atoms with Crippen molar-refractivity contribution in [3.63, 3.8) is 0 Å². The van der Waals surface area contributed by atoms with Crippen molar-refractivity contribution in [2.75, 3.05) is 6.61 Å². The van der Waals surface area contributed by atoms with Gasteiger partial charge in [0.05, 0.1) is 15.6 Å². The van der Waals surface area contributed by atoms with E-state index >= 15 is 0 Å². The first-order valence-corrected chi connectivity index (χ1v) is 10.7. The zero-order valence-electron chi connectivity index (χ0n) is 15.0. The van der Waals surface area contributed by atoms with Gasteiger partial charge in [-0.05, 0) is 54.8 Å². The molecule has 1 fully saturated rings. The molecular formula is C19H17Cl2FIN3O2. The summed E-state index contributed by atoms with van der Waals surface area (Å²) in [4.78, 5) is 3.93. The average molecular weight is 536 g/mol. The van der Waals surface area contributed by atoms with Gasteiger partial charge in [-0.2, -0.15) is 5.10 Å². The predicted molar refractivity (Wildman–Crippen MR) is 115 cm³/mol. The van der Waals surface area contributed by atoms with Crippen LogP contribution in [-0.4, -0.2) is 21.4 Å². The Hall–Kier alpha value is -1.16. The number of aromatic nitrogens is 3. The highest BCUT2D eigenvalue weighted by molar-refractivity contribution is 14.1. The van der Waals surface area contributed by atoms with Crippen LogP contribution in [0.1, 0.15) is 44.1 Å². The number of pyridine rings is 1. The number of nitrogens with zero attached hydrogens (tertiary/aromatic N) is 3. The van der Waals surface area contributed by atoms with Gasteiger partial charge in [0.25, 0.3) is 0 Å². The highest BCUT2D eigenvalue weighted by Crippen LogP contribution is 2.36. The van der Waals surface area contributed by atoms with Gasteiger partial charge in [-0.3, -0.25) is 4.98 Å². The molecule has 0 N–H and O–H groups in total. The van der Waals surface area contributed by atoms with E-state index < -0.39 is 11.9 Å². The summed E-state index contributed by atoms with van der Waals surface area (Å²) in [6.07, 6.45) is 5.22.